The molecule has 1 aromatic heterocycles. The molecule has 3 rings (SSSR count). The van der Waals surface area contributed by atoms with Crippen LogP contribution in [-0.4, -0.2) is 23.0 Å². The number of aldehydes is 1. The summed E-state index contributed by atoms with van der Waals surface area (Å²) < 4.78 is 5.85. The van der Waals surface area contributed by atoms with E-state index in [4.69, 9.17) is 4.74 Å². The van der Waals surface area contributed by atoms with E-state index in [2.05, 4.69) is 29.2 Å². The van der Waals surface area contributed by atoms with Crippen LogP contribution in [0.2, 0.25) is 0 Å². The quantitative estimate of drug-likeness (QED) is 0.849. The van der Waals surface area contributed by atoms with Gasteiger partial charge < -0.3 is 9.84 Å². The third kappa shape index (κ3) is 3.52. The van der Waals surface area contributed by atoms with Crippen LogP contribution in [0.15, 0.2) is 42.7 Å². The molecule has 0 bridgehead atoms. The number of benzene rings is 1. The Balaban J connectivity index is 1.73. The van der Waals surface area contributed by atoms with Gasteiger partial charge in [-0.05, 0) is 30.2 Å². The van der Waals surface area contributed by atoms with Crippen LogP contribution in [0.5, 0.6) is 11.5 Å². The van der Waals surface area contributed by atoms with Crippen molar-refractivity contribution in [1.82, 2.24) is 4.98 Å². The van der Waals surface area contributed by atoms with E-state index in [0.717, 1.165) is 12.8 Å². The van der Waals surface area contributed by atoms with Gasteiger partial charge >= 0.3 is 0 Å². The molecule has 1 aromatic carbocycles. The first-order chi connectivity index (χ1) is 11.3. The second-order valence-corrected chi connectivity index (χ2v) is 6.06. The molecular formula is C19H21NO3. The Kier molecular flexibility index (Phi) is 4.91. The van der Waals surface area contributed by atoms with Gasteiger partial charge in [-0.1, -0.05) is 43.2 Å². The Morgan fingerprint density at radius 1 is 1.17 bits per heavy atom. The molecule has 1 heterocycles. The molecule has 2 aromatic rings. The fraction of sp³-hybridized carbons (Fsp3) is 0.368. The summed E-state index contributed by atoms with van der Waals surface area (Å²) in [5, 5.41) is 9.68. The first-order valence-electron chi connectivity index (χ1n) is 8.09. The van der Waals surface area contributed by atoms with Crippen molar-refractivity contribution in [1.29, 1.82) is 0 Å². The highest BCUT2D eigenvalue weighted by molar-refractivity contribution is 5.82. The van der Waals surface area contributed by atoms with Crippen molar-refractivity contribution in [2.75, 3.05) is 6.61 Å². The zero-order chi connectivity index (χ0) is 16.1. The number of nitrogens with zero attached hydrogens (tertiary/aromatic N) is 1. The van der Waals surface area contributed by atoms with Gasteiger partial charge in [-0.25, -0.2) is 0 Å². The van der Waals surface area contributed by atoms with E-state index in [1.807, 2.05) is 6.07 Å². The average Bonchev–Trinajstić information content (AvgIpc) is 2.61. The number of aromatic hydroxyl groups is 1. The molecule has 1 aliphatic carbocycles. The smallest absolute Gasteiger partial charge is 0.157 e. The van der Waals surface area contributed by atoms with Crippen molar-refractivity contribution in [2.24, 2.45) is 5.92 Å². The summed E-state index contributed by atoms with van der Waals surface area (Å²) in [7, 11) is 0. The molecule has 0 aliphatic heterocycles. The lowest BCUT2D eigenvalue weighted by Crippen LogP contribution is -2.24. The SMILES string of the molecule is O=Cc1c(O)cncc1OCC1CCCCC1c1ccccc1. The standard InChI is InChI=1S/C19H21NO3/c21-12-17-18(22)10-20-11-19(17)23-13-15-8-4-5-9-16(15)14-6-2-1-3-7-14/h1-3,6-7,10-12,15-16,22H,4-5,8-9,13H2. The molecule has 2 unspecified atom stereocenters. The third-order valence-electron chi connectivity index (χ3n) is 4.64. The average molecular weight is 311 g/mol. The highest BCUT2D eigenvalue weighted by atomic mass is 16.5. The highest BCUT2D eigenvalue weighted by Crippen LogP contribution is 2.38. The molecule has 4 nitrogen and oxygen atoms in total. The number of hydrogen-bond donors (Lipinski definition) is 1. The van der Waals surface area contributed by atoms with Gasteiger partial charge in [0.1, 0.15) is 11.3 Å². The fourth-order valence-electron chi connectivity index (χ4n) is 3.42. The summed E-state index contributed by atoms with van der Waals surface area (Å²) in [5.41, 5.74) is 1.53. The molecule has 1 saturated carbocycles. The van der Waals surface area contributed by atoms with Crippen LogP contribution in [0.3, 0.4) is 0 Å². The molecule has 1 fully saturated rings. The van der Waals surface area contributed by atoms with Crippen LogP contribution in [0.1, 0.15) is 47.5 Å². The monoisotopic (exact) mass is 311 g/mol. The van der Waals surface area contributed by atoms with Crippen molar-refractivity contribution >= 4 is 6.29 Å². The van der Waals surface area contributed by atoms with Crippen LogP contribution in [0.4, 0.5) is 0 Å². The lowest BCUT2D eigenvalue weighted by Gasteiger charge is -2.32. The number of rotatable bonds is 5. The first kappa shape index (κ1) is 15.5. The molecule has 120 valence electrons. The zero-order valence-corrected chi connectivity index (χ0v) is 13.0. The van der Waals surface area contributed by atoms with Crippen molar-refractivity contribution < 1.29 is 14.6 Å². The van der Waals surface area contributed by atoms with Gasteiger partial charge in [0.05, 0.1) is 19.0 Å². The Labute approximate surface area is 136 Å². The van der Waals surface area contributed by atoms with E-state index in [1.54, 1.807) is 0 Å². The summed E-state index contributed by atoms with van der Waals surface area (Å²) in [6.07, 6.45) is 8.08. The molecule has 23 heavy (non-hydrogen) atoms. The van der Waals surface area contributed by atoms with E-state index in [-0.39, 0.29) is 11.3 Å². The Morgan fingerprint density at radius 3 is 2.74 bits per heavy atom. The Bertz CT molecular complexity index is 657. The molecule has 0 amide bonds. The summed E-state index contributed by atoms with van der Waals surface area (Å²) in [5.74, 6) is 1.11. The van der Waals surface area contributed by atoms with Gasteiger partial charge in [-0.2, -0.15) is 0 Å². The third-order valence-corrected chi connectivity index (χ3v) is 4.64. The predicted molar refractivity (Wildman–Crippen MR) is 87.9 cm³/mol. The van der Waals surface area contributed by atoms with Gasteiger partial charge in [0.2, 0.25) is 0 Å². The fourth-order valence-corrected chi connectivity index (χ4v) is 3.42. The topological polar surface area (TPSA) is 59.4 Å². The van der Waals surface area contributed by atoms with Crippen LogP contribution in [-0.2, 0) is 0 Å². The highest BCUT2D eigenvalue weighted by Gasteiger charge is 2.27. The molecule has 0 radical (unpaired) electrons. The van der Waals surface area contributed by atoms with Crippen molar-refractivity contribution in [2.45, 2.75) is 31.6 Å². The molecule has 1 N–H and O–H groups in total. The van der Waals surface area contributed by atoms with Gasteiger partial charge in [0.25, 0.3) is 0 Å². The number of hydrogen-bond acceptors (Lipinski definition) is 4. The maximum Gasteiger partial charge on any atom is 0.157 e. The number of carbonyl (C=O) groups excluding carboxylic acids is 1. The second kappa shape index (κ2) is 7.27. The lowest BCUT2D eigenvalue weighted by atomic mass is 9.76. The summed E-state index contributed by atoms with van der Waals surface area (Å²) in [6, 6.07) is 10.5. The summed E-state index contributed by atoms with van der Waals surface area (Å²) >= 11 is 0. The van der Waals surface area contributed by atoms with Crippen LogP contribution in [0.25, 0.3) is 0 Å². The number of pyridine rings is 1. The van der Waals surface area contributed by atoms with E-state index in [1.165, 1.54) is 30.8 Å². The normalized spacial score (nSPS) is 20.9. The van der Waals surface area contributed by atoms with E-state index in [9.17, 15) is 9.90 Å². The summed E-state index contributed by atoms with van der Waals surface area (Å²) in [4.78, 5) is 15.0. The van der Waals surface area contributed by atoms with Gasteiger partial charge in [0, 0.05) is 0 Å². The first-order valence-corrected chi connectivity index (χ1v) is 8.09. The van der Waals surface area contributed by atoms with Crippen LogP contribution in [0, 0.1) is 5.92 Å². The minimum absolute atomic E-state index is 0.138. The maximum atomic E-state index is 11.1. The molecular weight excluding hydrogens is 290 g/mol. The molecule has 1 aliphatic rings. The minimum atomic E-state index is -0.138. The van der Waals surface area contributed by atoms with Crippen molar-refractivity contribution in [3.05, 3.63) is 53.9 Å². The summed E-state index contributed by atoms with van der Waals surface area (Å²) in [6.45, 7) is 0.533. The van der Waals surface area contributed by atoms with Gasteiger partial charge in [0.15, 0.2) is 12.0 Å². The maximum absolute atomic E-state index is 11.1. The molecule has 0 spiro atoms. The Hall–Kier alpha value is -2.36. The van der Waals surface area contributed by atoms with Gasteiger partial charge in [-0.15, -0.1) is 0 Å². The number of carbonyl (C=O) groups is 1. The van der Waals surface area contributed by atoms with Crippen LogP contribution < -0.4 is 4.74 Å². The number of ether oxygens (including phenoxy) is 1. The predicted octanol–water partition coefficient (Wildman–Crippen LogP) is 3.95. The minimum Gasteiger partial charge on any atom is -0.505 e. The van der Waals surface area contributed by atoms with E-state index in [0.29, 0.717) is 30.5 Å². The van der Waals surface area contributed by atoms with Gasteiger partial charge in [-0.3, -0.25) is 9.78 Å². The second-order valence-electron chi connectivity index (χ2n) is 6.06. The van der Waals surface area contributed by atoms with Crippen molar-refractivity contribution in [3.63, 3.8) is 0 Å². The van der Waals surface area contributed by atoms with E-state index >= 15 is 0 Å². The zero-order valence-electron chi connectivity index (χ0n) is 13.0. The largest absolute Gasteiger partial charge is 0.505 e. The Morgan fingerprint density at radius 2 is 1.96 bits per heavy atom. The lowest BCUT2D eigenvalue weighted by molar-refractivity contribution is 0.111. The van der Waals surface area contributed by atoms with Crippen molar-refractivity contribution in [3.8, 4) is 11.5 Å². The molecule has 0 saturated heterocycles. The number of aromatic nitrogens is 1. The molecule has 2 atom stereocenters. The molecule has 4 heteroatoms. The van der Waals surface area contributed by atoms with E-state index < -0.39 is 0 Å². The van der Waals surface area contributed by atoms with Crippen LogP contribution >= 0.6 is 0 Å².